The van der Waals surface area contributed by atoms with E-state index in [-0.39, 0.29) is 12.3 Å². The van der Waals surface area contributed by atoms with Gasteiger partial charge in [0.1, 0.15) is 5.00 Å². The van der Waals surface area contributed by atoms with E-state index in [1.807, 2.05) is 18.2 Å². The van der Waals surface area contributed by atoms with Gasteiger partial charge in [0.25, 0.3) is 0 Å². The average molecular weight is 444 g/mol. The molecule has 0 saturated carbocycles. The van der Waals surface area contributed by atoms with E-state index in [0.717, 1.165) is 23.5 Å². The number of nitrogens with zero attached hydrogens (tertiary/aromatic N) is 2. The van der Waals surface area contributed by atoms with Gasteiger partial charge in [0.15, 0.2) is 7.05 Å². The average Bonchev–Trinajstić information content (AvgIpc) is 3.27. The van der Waals surface area contributed by atoms with Gasteiger partial charge in [-0.25, -0.2) is 9.59 Å². The first-order valence-corrected chi connectivity index (χ1v) is 10.8. The molecule has 0 saturated heterocycles. The Hall–Kier alpha value is -3.24. The molecule has 31 heavy (non-hydrogen) atoms. The summed E-state index contributed by atoms with van der Waals surface area (Å²) >= 11 is 1.34. The van der Waals surface area contributed by atoms with Crippen LogP contribution in [0.3, 0.4) is 0 Å². The molecule has 4 rings (SSSR count). The molecule has 1 aromatic carbocycles. The number of aromatic amines is 1. The molecule has 1 aliphatic rings. The Kier molecular flexibility index (Phi) is 6.01. The summed E-state index contributed by atoms with van der Waals surface area (Å²) in [6.45, 7) is 4.22. The Morgan fingerprint density at radius 1 is 1.32 bits per heavy atom. The molecular formula is C21H23N4O5S+. The second-order valence-electron chi connectivity index (χ2n) is 7.22. The van der Waals surface area contributed by atoms with E-state index in [9.17, 15) is 14.4 Å². The number of carbonyl (C=O) groups excluding carboxylic acids is 2. The van der Waals surface area contributed by atoms with Crippen LogP contribution in [0.15, 0.2) is 39.6 Å². The smallest absolute Gasteiger partial charge is 0.440 e. The number of aryl methyl sites for hydroxylation is 1. The number of nitrogens with one attached hydrogen (secondary N) is 2. The first-order valence-electron chi connectivity index (χ1n) is 9.94. The normalized spacial score (nSPS) is 13.6. The highest BCUT2D eigenvalue weighted by Gasteiger charge is 2.32. The van der Waals surface area contributed by atoms with Crippen molar-refractivity contribution in [3.63, 3.8) is 0 Å². The third-order valence-corrected chi connectivity index (χ3v) is 6.24. The van der Waals surface area contributed by atoms with Gasteiger partial charge in [-0.2, -0.15) is 0 Å². The summed E-state index contributed by atoms with van der Waals surface area (Å²) in [6.07, 6.45) is 0.669. The molecule has 3 aromatic rings. The Bertz CT molecular complexity index is 1160. The molecule has 0 bridgehead atoms. The van der Waals surface area contributed by atoms with Crippen LogP contribution in [0.4, 0.5) is 5.00 Å². The summed E-state index contributed by atoms with van der Waals surface area (Å²) in [5.74, 6) is -1.12. The maximum absolute atomic E-state index is 12.7. The number of ether oxygens (including phenoxy) is 1. The van der Waals surface area contributed by atoms with Crippen LogP contribution in [-0.2, 0) is 31.3 Å². The second kappa shape index (κ2) is 8.86. The van der Waals surface area contributed by atoms with Gasteiger partial charge in [0.05, 0.1) is 12.2 Å². The zero-order valence-corrected chi connectivity index (χ0v) is 18.1. The predicted molar refractivity (Wildman–Crippen MR) is 113 cm³/mol. The molecule has 0 spiro atoms. The van der Waals surface area contributed by atoms with Crippen LogP contribution in [-0.4, -0.2) is 35.2 Å². The Labute approximate surface area is 182 Å². The molecule has 2 aromatic heterocycles. The largest absolute Gasteiger partial charge is 0.462 e. The molecule has 0 unspecified atom stereocenters. The van der Waals surface area contributed by atoms with E-state index in [4.69, 9.17) is 4.74 Å². The van der Waals surface area contributed by atoms with Gasteiger partial charge in [-0.1, -0.05) is 35.0 Å². The number of benzene rings is 1. The number of carbonyl (C=O) groups is 2. The summed E-state index contributed by atoms with van der Waals surface area (Å²) in [4.78, 5) is 40.5. The standard InChI is InChI=1S/C21H22N4O5S/c1-3-29-20(27)16-14-9-10-25(11-13-7-5-4-6-8-13)12-15(14)31-19(16)22-18(26)17-21(28)30-23-24(17)2/h4-8H,3,9-12H2,1-2H3,(H-,22,23,26,27,28)/p+1. The molecule has 10 heteroatoms. The molecule has 2 N–H and O–H groups in total. The van der Waals surface area contributed by atoms with Gasteiger partial charge < -0.3 is 10.1 Å². The number of hydrogen-bond donors (Lipinski definition) is 2. The quantitative estimate of drug-likeness (QED) is 0.445. The van der Waals surface area contributed by atoms with Crippen LogP contribution >= 0.6 is 11.3 Å². The molecule has 3 heterocycles. The van der Waals surface area contributed by atoms with E-state index in [1.165, 1.54) is 28.6 Å². The summed E-state index contributed by atoms with van der Waals surface area (Å²) in [6, 6.07) is 10.2. The van der Waals surface area contributed by atoms with Gasteiger partial charge in [-0.3, -0.25) is 14.2 Å². The molecular weight excluding hydrogens is 420 g/mol. The number of hydrogen-bond acceptors (Lipinski definition) is 7. The van der Waals surface area contributed by atoms with Crippen molar-refractivity contribution in [3.8, 4) is 0 Å². The highest BCUT2D eigenvalue weighted by Crippen LogP contribution is 2.38. The van der Waals surface area contributed by atoms with Crippen LogP contribution in [0.2, 0.25) is 0 Å². The van der Waals surface area contributed by atoms with Crippen molar-refractivity contribution in [3.05, 3.63) is 68.0 Å². The van der Waals surface area contributed by atoms with Crippen LogP contribution in [0.25, 0.3) is 0 Å². The fourth-order valence-electron chi connectivity index (χ4n) is 3.69. The van der Waals surface area contributed by atoms with E-state index in [2.05, 4.69) is 32.1 Å². The summed E-state index contributed by atoms with van der Waals surface area (Å²) in [5, 5.41) is 5.41. The van der Waals surface area contributed by atoms with Crippen molar-refractivity contribution < 1.29 is 23.5 Å². The third kappa shape index (κ3) is 4.30. The number of esters is 1. The van der Waals surface area contributed by atoms with Crippen LogP contribution < -0.4 is 15.6 Å². The lowest BCUT2D eigenvalue weighted by Crippen LogP contribution is -2.41. The maximum Gasteiger partial charge on any atom is 0.440 e. The number of aromatic nitrogens is 2. The molecule has 162 valence electrons. The van der Waals surface area contributed by atoms with E-state index >= 15 is 0 Å². The van der Waals surface area contributed by atoms with E-state index < -0.39 is 17.5 Å². The number of amides is 1. The van der Waals surface area contributed by atoms with Gasteiger partial charge in [-0.15, -0.1) is 11.3 Å². The van der Waals surface area contributed by atoms with Gasteiger partial charge in [0.2, 0.25) is 0 Å². The van der Waals surface area contributed by atoms with E-state index in [0.29, 0.717) is 23.5 Å². The highest BCUT2D eigenvalue weighted by molar-refractivity contribution is 7.17. The molecule has 0 aliphatic carbocycles. The number of fused-ring (bicyclic) bond motifs is 1. The lowest BCUT2D eigenvalue weighted by Gasteiger charge is -2.27. The summed E-state index contributed by atoms with van der Waals surface area (Å²) in [7, 11) is 1.49. The highest BCUT2D eigenvalue weighted by atomic mass is 32.1. The number of anilines is 1. The molecule has 0 fully saturated rings. The van der Waals surface area contributed by atoms with Crippen molar-refractivity contribution in [2.24, 2.45) is 7.05 Å². The zero-order valence-electron chi connectivity index (χ0n) is 17.3. The van der Waals surface area contributed by atoms with Gasteiger partial charge >= 0.3 is 23.2 Å². The van der Waals surface area contributed by atoms with Crippen molar-refractivity contribution in [2.45, 2.75) is 26.4 Å². The van der Waals surface area contributed by atoms with Gasteiger partial charge in [-0.05, 0) is 29.7 Å². The minimum atomic E-state index is -0.784. The van der Waals surface area contributed by atoms with Crippen LogP contribution in [0, 0.1) is 0 Å². The second-order valence-corrected chi connectivity index (χ2v) is 8.32. The lowest BCUT2D eigenvalue weighted by molar-refractivity contribution is -0.741. The molecule has 0 radical (unpaired) electrons. The number of thiophene rings is 1. The van der Waals surface area contributed by atoms with Crippen molar-refractivity contribution in [1.82, 2.24) is 10.2 Å². The van der Waals surface area contributed by atoms with Crippen LogP contribution in [0.1, 0.15) is 43.8 Å². The molecule has 1 amide bonds. The monoisotopic (exact) mass is 443 g/mol. The Morgan fingerprint density at radius 3 is 2.77 bits per heavy atom. The summed E-state index contributed by atoms with van der Waals surface area (Å²) in [5.41, 5.74) is 1.51. The minimum absolute atomic E-state index is 0.188. The molecule has 1 aliphatic heterocycles. The number of rotatable bonds is 6. The van der Waals surface area contributed by atoms with E-state index in [1.54, 1.807) is 6.92 Å². The minimum Gasteiger partial charge on any atom is -0.462 e. The first-order chi connectivity index (χ1) is 15.0. The fraction of sp³-hybridized carbons (Fsp3) is 0.333. The summed E-state index contributed by atoms with van der Waals surface area (Å²) < 4.78 is 11.1. The number of H-pyrrole nitrogens is 1. The topological polar surface area (TPSA) is 109 Å². The lowest BCUT2D eigenvalue weighted by atomic mass is 10.0. The SMILES string of the molecule is CCOC(=O)c1c(NC(=O)c2c(=O)o[nH][n+]2C)sc2c1CCN(Cc1ccccc1)C2. The van der Waals surface area contributed by atoms with Crippen molar-refractivity contribution >= 4 is 28.2 Å². The Morgan fingerprint density at radius 2 is 2.10 bits per heavy atom. The van der Waals surface area contributed by atoms with Crippen molar-refractivity contribution in [2.75, 3.05) is 18.5 Å². The zero-order chi connectivity index (χ0) is 22.0. The molecule has 9 nitrogen and oxygen atoms in total. The predicted octanol–water partition coefficient (Wildman–Crippen LogP) is 1.84. The maximum atomic E-state index is 12.7. The third-order valence-electron chi connectivity index (χ3n) is 5.11. The first kappa shape index (κ1) is 21.0. The fourth-order valence-corrected chi connectivity index (χ4v) is 4.96. The van der Waals surface area contributed by atoms with Crippen molar-refractivity contribution in [1.29, 1.82) is 0 Å². The van der Waals surface area contributed by atoms with Crippen LogP contribution in [0.5, 0.6) is 0 Å². The Balaban J connectivity index is 1.62. The molecule has 0 atom stereocenters. The van der Waals surface area contributed by atoms with Gasteiger partial charge in [0, 0.05) is 24.5 Å².